The molecule has 2 saturated carbocycles. The Morgan fingerprint density at radius 1 is 1.28 bits per heavy atom. The highest BCUT2D eigenvalue weighted by Gasteiger charge is 2.49. The predicted molar refractivity (Wildman–Crippen MR) is 60.5 cm³/mol. The molecule has 3 rings (SSSR count). The first-order valence-corrected chi connectivity index (χ1v) is 6.39. The zero-order valence-electron chi connectivity index (χ0n) is 9.96. The van der Waals surface area contributed by atoms with Crippen molar-refractivity contribution in [3.8, 4) is 0 Å². The normalized spacial score (nSPS) is 34.6. The summed E-state index contributed by atoms with van der Waals surface area (Å²) in [6.07, 6.45) is 2.91. The third-order valence-corrected chi connectivity index (χ3v) is 3.94. The third kappa shape index (κ3) is 2.07. The number of carbonyl (C=O) groups is 3. The lowest BCUT2D eigenvalue weighted by Gasteiger charge is -2.16. The molecule has 0 bridgehead atoms. The number of aliphatic carboxylic acids is 1. The van der Waals surface area contributed by atoms with Crippen LogP contribution in [0.2, 0.25) is 0 Å². The van der Waals surface area contributed by atoms with E-state index in [0.29, 0.717) is 25.4 Å². The van der Waals surface area contributed by atoms with Crippen molar-refractivity contribution in [1.82, 2.24) is 10.2 Å². The number of hydrogen-bond acceptors (Lipinski definition) is 3. The minimum Gasteiger partial charge on any atom is -0.481 e. The van der Waals surface area contributed by atoms with Crippen LogP contribution in [0.5, 0.6) is 0 Å². The monoisotopic (exact) mass is 252 g/mol. The first kappa shape index (κ1) is 11.5. The maximum Gasteiger partial charge on any atom is 0.307 e. The van der Waals surface area contributed by atoms with E-state index >= 15 is 0 Å². The molecule has 3 aliphatic rings. The Morgan fingerprint density at radius 2 is 2.00 bits per heavy atom. The van der Waals surface area contributed by atoms with E-state index in [0.717, 1.165) is 12.8 Å². The average molecular weight is 252 g/mol. The smallest absolute Gasteiger partial charge is 0.307 e. The van der Waals surface area contributed by atoms with Crippen molar-refractivity contribution in [3.63, 3.8) is 0 Å². The lowest BCUT2D eigenvalue weighted by Crippen LogP contribution is -2.38. The van der Waals surface area contributed by atoms with E-state index in [2.05, 4.69) is 5.32 Å². The van der Waals surface area contributed by atoms with Gasteiger partial charge in [-0.3, -0.25) is 14.4 Å². The number of carboxylic acid groups (broad SMARTS) is 1. The molecule has 3 unspecified atom stereocenters. The van der Waals surface area contributed by atoms with Gasteiger partial charge in [-0.2, -0.15) is 0 Å². The van der Waals surface area contributed by atoms with Crippen LogP contribution in [-0.2, 0) is 14.4 Å². The quantitative estimate of drug-likeness (QED) is 0.712. The van der Waals surface area contributed by atoms with Gasteiger partial charge in [0.2, 0.25) is 11.8 Å². The van der Waals surface area contributed by atoms with Crippen LogP contribution in [0.1, 0.15) is 25.7 Å². The highest BCUT2D eigenvalue weighted by atomic mass is 16.4. The fourth-order valence-electron chi connectivity index (χ4n) is 2.63. The highest BCUT2D eigenvalue weighted by molar-refractivity contribution is 5.90. The Kier molecular flexibility index (Phi) is 2.53. The Labute approximate surface area is 104 Å². The van der Waals surface area contributed by atoms with Gasteiger partial charge in [0.15, 0.2) is 0 Å². The van der Waals surface area contributed by atoms with Gasteiger partial charge >= 0.3 is 5.97 Å². The number of carboxylic acids is 1. The van der Waals surface area contributed by atoms with Crippen LogP contribution in [-0.4, -0.2) is 46.4 Å². The summed E-state index contributed by atoms with van der Waals surface area (Å²) in [6.45, 7) is 0.583. The molecule has 0 aromatic heterocycles. The van der Waals surface area contributed by atoms with E-state index < -0.39 is 17.8 Å². The molecule has 2 amide bonds. The van der Waals surface area contributed by atoms with Crippen molar-refractivity contribution >= 4 is 17.8 Å². The van der Waals surface area contributed by atoms with Crippen LogP contribution < -0.4 is 5.32 Å². The molecule has 0 aromatic carbocycles. The summed E-state index contributed by atoms with van der Waals surface area (Å²) in [4.78, 5) is 36.0. The molecule has 2 N–H and O–H groups in total. The molecule has 18 heavy (non-hydrogen) atoms. The minimum absolute atomic E-state index is 0.105. The molecular weight excluding hydrogens is 236 g/mol. The van der Waals surface area contributed by atoms with Gasteiger partial charge in [0.05, 0.1) is 17.9 Å². The molecular formula is C12H16N2O4. The van der Waals surface area contributed by atoms with Crippen LogP contribution in [0.25, 0.3) is 0 Å². The molecule has 3 atom stereocenters. The van der Waals surface area contributed by atoms with Crippen molar-refractivity contribution in [2.45, 2.75) is 37.8 Å². The summed E-state index contributed by atoms with van der Waals surface area (Å²) in [5.74, 6) is -1.93. The number of amides is 2. The van der Waals surface area contributed by atoms with E-state index in [1.54, 1.807) is 0 Å². The maximum atomic E-state index is 11.8. The van der Waals surface area contributed by atoms with Crippen LogP contribution in [0, 0.1) is 11.8 Å². The third-order valence-electron chi connectivity index (χ3n) is 3.94. The molecule has 0 spiro atoms. The highest BCUT2D eigenvalue weighted by Crippen LogP contribution is 2.39. The van der Waals surface area contributed by atoms with Gasteiger partial charge in [-0.1, -0.05) is 0 Å². The van der Waals surface area contributed by atoms with E-state index in [9.17, 15) is 14.4 Å². The second-order valence-corrected chi connectivity index (χ2v) is 5.47. The van der Waals surface area contributed by atoms with Gasteiger partial charge in [0.25, 0.3) is 0 Å². The Morgan fingerprint density at radius 3 is 2.56 bits per heavy atom. The first-order valence-electron chi connectivity index (χ1n) is 6.39. The summed E-state index contributed by atoms with van der Waals surface area (Å²) in [7, 11) is 0. The summed E-state index contributed by atoms with van der Waals surface area (Å²) < 4.78 is 0. The predicted octanol–water partition coefficient (Wildman–Crippen LogP) is -0.413. The van der Waals surface area contributed by atoms with E-state index in [4.69, 9.17) is 5.11 Å². The number of carbonyl (C=O) groups excluding carboxylic acids is 2. The van der Waals surface area contributed by atoms with E-state index in [1.807, 2.05) is 4.90 Å². The molecule has 98 valence electrons. The summed E-state index contributed by atoms with van der Waals surface area (Å²) in [5, 5.41) is 11.6. The zero-order valence-corrected chi connectivity index (χ0v) is 9.96. The number of nitrogens with one attached hydrogen (secondary N) is 1. The second-order valence-electron chi connectivity index (χ2n) is 5.47. The van der Waals surface area contributed by atoms with Gasteiger partial charge in [0, 0.05) is 19.0 Å². The van der Waals surface area contributed by atoms with Crippen LogP contribution >= 0.6 is 0 Å². The standard InChI is InChI=1S/C12H16N2O4/c15-10-3-6(5-14(10)7-1-2-7)13-11(16)8-4-9(8)12(17)18/h6-9H,1-5H2,(H,13,16)(H,17,18). The molecule has 1 heterocycles. The SMILES string of the molecule is O=C(O)C1CC1C(=O)NC1CC(=O)N(C2CC2)C1. The number of nitrogens with zero attached hydrogens (tertiary/aromatic N) is 1. The number of likely N-dealkylation sites (tertiary alicyclic amines) is 1. The molecule has 6 nitrogen and oxygen atoms in total. The maximum absolute atomic E-state index is 11.8. The molecule has 6 heteroatoms. The molecule has 1 aliphatic heterocycles. The topological polar surface area (TPSA) is 86.7 Å². The fourth-order valence-corrected chi connectivity index (χ4v) is 2.63. The number of hydrogen-bond donors (Lipinski definition) is 2. The molecule has 1 saturated heterocycles. The van der Waals surface area contributed by atoms with E-state index in [-0.39, 0.29) is 17.9 Å². The minimum atomic E-state index is -0.905. The average Bonchev–Trinajstić information content (AvgIpc) is 3.18. The fraction of sp³-hybridized carbons (Fsp3) is 0.750. The van der Waals surface area contributed by atoms with E-state index in [1.165, 1.54) is 0 Å². The van der Waals surface area contributed by atoms with Gasteiger partial charge < -0.3 is 15.3 Å². The largest absolute Gasteiger partial charge is 0.481 e. The second kappa shape index (κ2) is 3.96. The van der Waals surface area contributed by atoms with Gasteiger partial charge in [-0.25, -0.2) is 0 Å². The van der Waals surface area contributed by atoms with Crippen molar-refractivity contribution < 1.29 is 19.5 Å². The van der Waals surface area contributed by atoms with Gasteiger partial charge in [-0.15, -0.1) is 0 Å². The number of rotatable bonds is 4. The molecule has 0 aromatic rings. The molecule has 0 radical (unpaired) electrons. The van der Waals surface area contributed by atoms with Crippen molar-refractivity contribution in [3.05, 3.63) is 0 Å². The Bertz CT molecular complexity index is 418. The summed E-state index contributed by atoms with van der Waals surface area (Å²) in [5.41, 5.74) is 0. The van der Waals surface area contributed by atoms with Gasteiger partial charge in [0.1, 0.15) is 0 Å². The van der Waals surface area contributed by atoms with Crippen LogP contribution in [0.3, 0.4) is 0 Å². The lowest BCUT2D eigenvalue weighted by atomic mass is 10.2. The van der Waals surface area contributed by atoms with Gasteiger partial charge in [-0.05, 0) is 19.3 Å². The Hall–Kier alpha value is -1.59. The van der Waals surface area contributed by atoms with Crippen LogP contribution in [0.15, 0.2) is 0 Å². The lowest BCUT2D eigenvalue weighted by molar-refractivity contribution is -0.140. The summed E-state index contributed by atoms with van der Waals surface area (Å²) >= 11 is 0. The van der Waals surface area contributed by atoms with Crippen LogP contribution in [0.4, 0.5) is 0 Å². The first-order chi connectivity index (χ1) is 8.56. The molecule has 3 fully saturated rings. The van der Waals surface area contributed by atoms with Crippen molar-refractivity contribution in [1.29, 1.82) is 0 Å². The Balaban J connectivity index is 1.50. The zero-order chi connectivity index (χ0) is 12.9. The van der Waals surface area contributed by atoms with Crippen molar-refractivity contribution in [2.24, 2.45) is 11.8 Å². The van der Waals surface area contributed by atoms with Crippen molar-refractivity contribution in [2.75, 3.05) is 6.54 Å². The molecule has 2 aliphatic carbocycles. The summed E-state index contributed by atoms with van der Waals surface area (Å²) in [6, 6.07) is 0.243.